The van der Waals surface area contributed by atoms with Crippen LogP contribution in [0.3, 0.4) is 0 Å². The molecule has 0 bridgehead atoms. The van der Waals surface area contributed by atoms with Crippen LogP contribution < -0.4 is 0 Å². The number of carbonyl (C=O) groups excluding carboxylic acids is 3. The topological polar surface area (TPSA) is 111 Å². The number of carbonyl (C=O) groups is 3. The predicted octanol–water partition coefficient (Wildman–Crippen LogP) is 7.70. The highest BCUT2D eigenvalue weighted by molar-refractivity contribution is 6.67. The van der Waals surface area contributed by atoms with E-state index in [1.54, 1.807) is 30.3 Å². The SMILES string of the molecule is CC(=O)O/N=C(/C)C(=O)c1ccc2c(c1)C(=C(C)C)c1cc(C(=O)c3nc(C(Cl)(Cl)Cl)nc(C(Cl)(Cl)Cl)n3)ccc1-2. The van der Waals surface area contributed by atoms with Gasteiger partial charge in [0.1, 0.15) is 5.71 Å². The van der Waals surface area contributed by atoms with E-state index in [2.05, 4.69) is 24.9 Å². The molecule has 1 aliphatic rings. The number of Topliss-reactive ketones (excluding diaryl/α,β-unsaturated/α-hetero) is 1. The van der Waals surface area contributed by atoms with E-state index in [0.717, 1.165) is 33.4 Å². The minimum Gasteiger partial charge on any atom is -0.318 e. The third-order valence-electron chi connectivity index (χ3n) is 5.88. The number of hydrogen-bond acceptors (Lipinski definition) is 8. The minimum atomic E-state index is -2.12. The van der Waals surface area contributed by atoms with Crippen LogP contribution in [0.1, 0.15) is 77.0 Å². The van der Waals surface area contributed by atoms with E-state index in [0.29, 0.717) is 5.56 Å². The Bertz CT molecular complexity index is 1650. The van der Waals surface area contributed by atoms with Gasteiger partial charge in [0.25, 0.3) is 0 Å². The average Bonchev–Trinajstić information content (AvgIpc) is 3.22. The van der Waals surface area contributed by atoms with Gasteiger partial charge in [-0.15, -0.1) is 0 Å². The van der Waals surface area contributed by atoms with Crippen LogP contribution in [0.5, 0.6) is 0 Å². The average molecular weight is 675 g/mol. The van der Waals surface area contributed by atoms with Gasteiger partial charge in [0.05, 0.1) is 0 Å². The third kappa shape index (κ3) is 6.58. The number of hydrogen-bond donors (Lipinski definition) is 0. The Morgan fingerprint density at radius 3 is 1.66 bits per heavy atom. The molecule has 2 aromatic carbocycles. The van der Waals surface area contributed by atoms with Crippen molar-refractivity contribution in [3.63, 3.8) is 0 Å². The van der Waals surface area contributed by atoms with Crippen LogP contribution in [0.25, 0.3) is 16.7 Å². The Morgan fingerprint density at radius 1 is 0.707 bits per heavy atom. The lowest BCUT2D eigenvalue weighted by Crippen LogP contribution is -2.20. The van der Waals surface area contributed by atoms with E-state index in [9.17, 15) is 14.4 Å². The Labute approximate surface area is 264 Å². The fraction of sp³-hybridized carbons (Fsp3) is 0.222. The van der Waals surface area contributed by atoms with Gasteiger partial charge in [-0.3, -0.25) is 9.59 Å². The van der Waals surface area contributed by atoms with E-state index >= 15 is 0 Å². The first-order valence-electron chi connectivity index (χ1n) is 11.7. The normalized spacial score (nSPS) is 13.0. The maximum atomic E-state index is 13.6. The van der Waals surface area contributed by atoms with Crippen molar-refractivity contribution in [1.29, 1.82) is 0 Å². The van der Waals surface area contributed by atoms with Gasteiger partial charge in [-0.2, -0.15) is 0 Å². The van der Waals surface area contributed by atoms with Gasteiger partial charge in [-0.05, 0) is 60.7 Å². The number of aromatic nitrogens is 3. The van der Waals surface area contributed by atoms with E-state index < -0.39 is 25.1 Å². The number of rotatable bonds is 5. The quantitative estimate of drug-likeness (QED) is 0.0701. The first-order valence-corrected chi connectivity index (χ1v) is 13.9. The first kappa shape index (κ1) is 31.3. The van der Waals surface area contributed by atoms with Gasteiger partial charge in [0, 0.05) is 18.1 Å². The Hall–Kier alpha value is -2.59. The molecule has 0 amide bonds. The summed E-state index contributed by atoms with van der Waals surface area (Å²) in [5.41, 5.74) is 5.58. The van der Waals surface area contributed by atoms with Gasteiger partial charge in [-0.1, -0.05) is 105 Å². The van der Waals surface area contributed by atoms with Crippen LogP contribution in [0.2, 0.25) is 0 Å². The number of benzene rings is 2. The van der Waals surface area contributed by atoms with Gasteiger partial charge < -0.3 is 4.84 Å². The molecule has 0 N–H and O–H groups in total. The molecule has 0 saturated carbocycles. The maximum absolute atomic E-state index is 13.6. The summed E-state index contributed by atoms with van der Waals surface area (Å²) in [6, 6.07) is 10.3. The molecule has 14 heteroatoms. The lowest BCUT2D eigenvalue weighted by atomic mass is 9.95. The fourth-order valence-electron chi connectivity index (χ4n) is 4.18. The fourth-order valence-corrected chi connectivity index (χ4v) is 4.69. The summed E-state index contributed by atoms with van der Waals surface area (Å²) in [5.74, 6) is -2.82. The molecule has 4 rings (SSSR count). The molecular formula is C27H18Cl6N4O4. The first-order chi connectivity index (χ1) is 19.0. The number of halogens is 6. The molecule has 1 aromatic heterocycles. The summed E-state index contributed by atoms with van der Waals surface area (Å²) in [6.07, 6.45) is 0. The zero-order valence-corrected chi connectivity index (χ0v) is 26.2. The van der Waals surface area contributed by atoms with E-state index in [-0.39, 0.29) is 28.7 Å². The molecule has 3 aromatic rings. The highest BCUT2D eigenvalue weighted by Gasteiger charge is 2.35. The Balaban J connectivity index is 1.79. The van der Waals surface area contributed by atoms with Crippen molar-refractivity contribution in [2.75, 3.05) is 0 Å². The number of fused-ring (bicyclic) bond motifs is 3. The molecule has 0 unspecified atom stereocenters. The smallest absolute Gasteiger partial charge is 0.318 e. The van der Waals surface area contributed by atoms with Crippen molar-refractivity contribution in [3.05, 3.63) is 81.7 Å². The molecule has 1 heterocycles. The standard InChI is InChI=1S/C27H18Cl6N4O4/c1-11(2)20-18-9-14(21(39)12(3)37-41-13(4)38)5-7-16(18)17-8-6-15(10-19(17)20)22(40)23-34-24(26(28,29)30)36-25(35-23)27(31,32)33/h5-10H,1-4H3/b37-12-. The van der Waals surface area contributed by atoms with Crippen molar-refractivity contribution in [3.8, 4) is 11.1 Å². The second kappa shape index (κ2) is 11.6. The number of ketones is 2. The summed E-state index contributed by atoms with van der Waals surface area (Å²) in [5, 5.41) is 3.59. The number of nitrogens with zero attached hydrogens (tertiary/aromatic N) is 4. The van der Waals surface area contributed by atoms with Gasteiger partial charge in [0.15, 0.2) is 11.6 Å². The molecule has 0 aliphatic heterocycles. The highest BCUT2D eigenvalue weighted by Crippen LogP contribution is 2.46. The largest absolute Gasteiger partial charge is 0.331 e. The third-order valence-corrected chi connectivity index (χ3v) is 6.89. The zero-order valence-electron chi connectivity index (χ0n) is 21.7. The van der Waals surface area contributed by atoms with Crippen molar-refractivity contribution < 1.29 is 19.2 Å². The van der Waals surface area contributed by atoms with Crippen LogP contribution in [-0.4, -0.2) is 38.2 Å². The lowest BCUT2D eigenvalue weighted by molar-refractivity contribution is -0.140. The molecule has 8 nitrogen and oxygen atoms in total. The van der Waals surface area contributed by atoms with Crippen LogP contribution >= 0.6 is 69.6 Å². The molecule has 0 saturated heterocycles. The number of oxime groups is 1. The number of allylic oxidation sites excluding steroid dienone is 1. The molecule has 0 atom stereocenters. The summed E-state index contributed by atoms with van der Waals surface area (Å²) in [6.45, 7) is 6.47. The van der Waals surface area contributed by atoms with Crippen molar-refractivity contribution in [2.24, 2.45) is 5.16 Å². The second-order valence-electron chi connectivity index (χ2n) is 9.12. The summed E-state index contributed by atoms with van der Waals surface area (Å²) < 4.78 is -4.23. The van der Waals surface area contributed by atoms with Crippen LogP contribution in [0.4, 0.5) is 0 Å². The maximum Gasteiger partial charge on any atom is 0.331 e. The van der Waals surface area contributed by atoms with Crippen LogP contribution in [0.15, 0.2) is 47.1 Å². The molecule has 0 radical (unpaired) electrons. The Morgan fingerprint density at radius 2 is 1.20 bits per heavy atom. The molecule has 41 heavy (non-hydrogen) atoms. The molecular weight excluding hydrogens is 657 g/mol. The molecule has 0 fully saturated rings. The predicted molar refractivity (Wildman–Crippen MR) is 160 cm³/mol. The summed E-state index contributed by atoms with van der Waals surface area (Å²) >= 11 is 35.7. The highest BCUT2D eigenvalue weighted by atomic mass is 35.6. The van der Waals surface area contributed by atoms with Crippen molar-refractivity contribution in [2.45, 2.75) is 35.3 Å². The zero-order chi connectivity index (χ0) is 30.4. The van der Waals surface area contributed by atoms with Crippen molar-refractivity contribution in [1.82, 2.24) is 15.0 Å². The van der Waals surface area contributed by atoms with E-state index in [1.165, 1.54) is 13.8 Å². The van der Waals surface area contributed by atoms with Crippen molar-refractivity contribution >= 4 is 98.4 Å². The molecule has 212 valence electrons. The van der Waals surface area contributed by atoms with Gasteiger partial charge in [0.2, 0.25) is 25.0 Å². The van der Waals surface area contributed by atoms with E-state index in [1.807, 2.05) is 19.9 Å². The summed E-state index contributed by atoms with van der Waals surface area (Å²) in [4.78, 5) is 54.1. The second-order valence-corrected chi connectivity index (χ2v) is 13.7. The molecule has 0 spiro atoms. The lowest BCUT2D eigenvalue weighted by Gasteiger charge is -2.15. The van der Waals surface area contributed by atoms with Gasteiger partial charge >= 0.3 is 5.97 Å². The monoisotopic (exact) mass is 672 g/mol. The van der Waals surface area contributed by atoms with Gasteiger partial charge in [-0.25, -0.2) is 19.7 Å². The van der Waals surface area contributed by atoms with Crippen LogP contribution in [0, 0.1) is 0 Å². The minimum absolute atomic E-state index is 0.0168. The Kier molecular flexibility index (Phi) is 8.86. The summed E-state index contributed by atoms with van der Waals surface area (Å²) in [7, 11) is 0. The number of alkyl halides is 6. The molecule has 1 aliphatic carbocycles. The van der Waals surface area contributed by atoms with Crippen LogP contribution in [-0.2, 0) is 17.2 Å². The van der Waals surface area contributed by atoms with E-state index in [4.69, 9.17) is 69.6 Å².